The Labute approximate surface area is 114 Å². The lowest BCUT2D eigenvalue weighted by Crippen LogP contribution is -2.53. The van der Waals surface area contributed by atoms with E-state index in [2.05, 4.69) is 37.8 Å². The first-order valence-electron chi connectivity index (χ1n) is 6.40. The van der Waals surface area contributed by atoms with E-state index < -0.39 is 0 Å². The molecule has 1 aromatic carbocycles. The third-order valence-electron chi connectivity index (χ3n) is 4.03. The van der Waals surface area contributed by atoms with Gasteiger partial charge in [-0.2, -0.15) is 5.26 Å². The number of nitriles is 1. The summed E-state index contributed by atoms with van der Waals surface area (Å²) in [6, 6.07) is 8.44. The lowest BCUT2D eigenvalue weighted by Gasteiger charge is -2.47. The summed E-state index contributed by atoms with van der Waals surface area (Å²) in [4.78, 5) is 2.36. The summed E-state index contributed by atoms with van der Waals surface area (Å²) < 4.78 is 0. The fourth-order valence-corrected chi connectivity index (χ4v) is 3.08. The summed E-state index contributed by atoms with van der Waals surface area (Å²) in [5.74, 6) is 0.0846. The van der Waals surface area contributed by atoms with Crippen LogP contribution >= 0.6 is 11.6 Å². The molecule has 0 amide bonds. The first-order valence-corrected chi connectivity index (χ1v) is 6.78. The molecule has 96 valence electrons. The van der Waals surface area contributed by atoms with E-state index in [1.807, 2.05) is 12.1 Å². The normalized spacial score (nSPS) is 22.6. The molecule has 3 heteroatoms. The molecule has 2 nitrogen and oxygen atoms in total. The Balaban J connectivity index is 2.40. The average Bonchev–Trinajstić information content (AvgIpc) is 2.29. The molecule has 1 fully saturated rings. The molecule has 0 N–H and O–H groups in total. The first kappa shape index (κ1) is 13.2. The topological polar surface area (TPSA) is 27.0 Å². The van der Waals surface area contributed by atoms with Crippen LogP contribution in [0.5, 0.6) is 0 Å². The molecule has 0 spiro atoms. The summed E-state index contributed by atoms with van der Waals surface area (Å²) in [6.07, 6.45) is 2.07. The van der Waals surface area contributed by atoms with E-state index in [1.54, 1.807) is 0 Å². The lowest BCUT2D eigenvalue weighted by atomic mass is 9.79. The lowest BCUT2D eigenvalue weighted by molar-refractivity contribution is 0.292. The SMILES string of the molecule is Cc1cc(Cl)ccc1N1CCCC(C#N)C1(C)C. The minimum atomic E-state index is -0.119. The molecule has 0 radical (unpaired) electrons. The van der Waals surface area contributed by atoms with Gasteiger partial charge in [-0.25, -0.2) is 0 Å². The van der Waals surface area contributed by atoms with Crippen molar-refractivity contribution in [2.45, 2.75) is 39.2 Å². The van der Waals surface area contributed by atoms with Crippen LogP contribution in [-0.4, -0.2) is 12.1 Å². The van der Waals surface area contributed by atoms with Gasteiger partial charge in [0, 0.05) is 17.3 Å². The van der Waals surface area contributed by atoms with Crippen molar-refractivity contribution in [3.63, 3.8) is 0 Å². The highest BCUT2D eigenvalue weighted by atomic mass is 35.5. The highest BCUT2D eigenvalue weighted by Gasteiger charge is 2.39. The highest BCUT2D eigenvalue weighted by molar-refractivity contribution is 6.30. The van der Waals surface area contributed by atoms with Gasteiger partial charge in [-0.15, -0.1) is 0 Å². The van der Waals surface area contributed by atoms with E-state index in [0.717, 1.165) is 24.4 Å². The molecule has 2 rings (SSSR count). The van der Waals surface area contributed by atoms with Crippen LogP contribution < -0.4 is 4.90 Å². The van der Waals surface area contributed by atoms with E-state index in [-0.39, 0.29) is 11.5 Å². The number of anilines is 1. The molecule has 0 aliphatic carbocycles. The van der Waals surface area contributed by atoms with Crippen LogP contribution in [0.3, 0.4) is 0 Å². The van der Waals surface area contributed by atoms with Crippen LogP contribution in [0.2, 0.25) is 5.02 Å². The summed E-state index contributed by atoms with van der Waals surface area (Å²) in [5.41, 5.74) is 2.25. The van der Waals surface area contributed by atoms with E-state index >= 15 is 0 Å². The van der Waals surface area contributed by atoms with Gasteiger partial charge >= 0.3 is 0 Å². The number of rotatable bonds is 1. The van der Waals surface area contributed by atoms with Gasteiger partial charge in [0.25, 0.3) is 0 Å². The molecule has 1 aromatic rings. The van der Waals surface area contributed by atoms with Crippen molar-refractivity contribution in [3.05, 3.63) is 28.8 Å². The Morgan fingerprint density at radius 3 is 2.78 bits per heavy atom. The zero-order chi connectivity index (χ0) is 13.3. The van der Waals surface area contributed by atoms with Crippen molar-refractivity contribution in [2.24, 2.45) is 5.92 Å². The van der Waals surface area contributed by atoms with Crippen LogP contribution in [0.25, 0.3) is 0 Å². The van der Waals surface area contributed by atoms with Gasteiger partial charge in [0.1, 0.15) is 0 Å². The fourth-order valence-electron chi connectivity index (χ4n) is 2.86. The number of hydrogen-bond donors (Lipinski definition) is 0. The Kier molecular flexibility index (Phi) is 3.54. The van der Waals surface area contributed by atoms with Crippen LogP contribution in [0.15, 0.2) is 18.2 Å². The smallest absolute Gasteiger partial charge is 0.0690 e. The second kappa shape index (κ2) is 4.82. The number of nitrogens with zero attached hydrogens (tertiary/aromatic N) is 2. The molecule has 0 aromatic heterocycles. The number of hydrogen-bond acceptors (Lipinski definition) is 2. The van der Waals surface area contributed by atoms with Crippen LogP contribution in [0.4, 0.5) is 5.69 Å². The molecule has 1 heterocycles. The number of benzene rings is 1. The van der Waals surface area contributed by atoms with Gasteiger partial charge in [0.2, 0.25) is 0 Å². The Morgan fingerprint density at radius 2 is 2.17 bits per heavy atom. The Bertz CT molecular complexity index is 488. The van der Waals surface area contributed by atoms with Crippen molar-refractivity contribution >= 4 is 17.3 Å². The van der Waals surface area contributed by atoms with E-state index in [9.17, 15) is 5.26 Å². The Morgan fingerprint density at radius 1 is 1.44 bits per heavy atom. The van der Waals surface area contributed by atoms with Gasteiger partial charge in [0.05, 0.1) is 17.5 Å². The predicted octanol–water partition coefficient (Wildman–Crippen LogP) is 4.17. The van der Waals surface area contributed by atoms with Crippen molar-refractivity contribution in [2.75, 3.05) is 11.4 Å². The zero-order valence-corrected chi connectivity index (χ0v) is 12.0. The molecule has 1 unspecified atom stereocenters. The van der Waals surface area contributed by atoms with E-state index in [4.69, 9.17) is 11.6 Å². The van der Waals surface area contributed by atoms with E-state index in [1.165, 1.54) is 11.3 Å². The quantitative estimate of drug-likeness (QED) is 0.760. The molecule has 18 heavy (non-hydrogen) atoms. The summed E-state index contributed by atoms with van der Waals surface area (Å²) >= 11 is 6.01. The molecule has 1 atom stereocenters. The fraction of sp³-hybridized carbons (Fsp3) is 0.533. The predicted molar refractivity (Wildman–Crippen MR) is 76.0 cm³/mol. The van der Waals surface area contributed by atoms with Crippen LogP contribution in [-0.2, 0) is 0 Å². The molecule has 1 aliphatic rings. The van der Waals surface area contributed by atoms with Crippen LogP contribution in [0.1, 0.15) is 32.3 Å². The van der Waals surface area contributed by atoms with Crippen LogP contribution in [0, 0.1) is 24.2 Å². The molecule has 0 bridgehead atoms. The largest absolute Gasteiger partial charge is 0.365 e. The molecule has 1 saturated heterocycles. The summed E-state index contributed by atoms with van der Waals surface area (Å²) in [7, 11) is 0. The van der Waals surface area contributed by atoms with Crippen molar-refractivity contribution in [3.8, 4) is 6.07 Å². The molecular weight excluding hydrogens is 244 g/mol. The van der Waals surface area contributed by atoms with Gasteiger partial charge in [-0.05, 0) is 57.4 Å². The van der Waals surface area contributed by atoms with Gasteiger partial charge in [0.15, 0.2) is 0 Å². The highest BCUT2D eigenvalue weighted by Crippen LogP contribution is 2.38. The maximum atomic E-state index is 9.31. The third-order valence-corrected chi connectivity index (χ3v) is 4.26. The number of aryl methyl sites for hydroxylation is 1. The minimum absolute atomic E-state index is 0.0846. The summed E-state index contributed by atoms with van der Waals surface area (Å²) in [6.45, 7) is 7.41. The molecule has 1 aliphatic heterocycles. The number of halogens is 1. The van der Waals surface area contributed by atoms with E-state index in [0.29, 0.717) is 0 Å². The van der Waals surface area contributed by atoms with Gasteiger partial charge in [-0.1, -0.05) is 11.6 Å². The maximum Gasteiger partial charge on any atom is 0.0690 e. The second-order valence-electron chi connectivity index (χ2n) is 5.56. The van der Waals surface area contributed by atoms with Crippen molar-refractivity contribution < 1.29 is 0 Å². The average molecular weight is 263 g/mol. The maximum absolute atomic E-state index is 9.31. The van der Waals surface area contributed by atoms with Crippen molar-refractivity contribution in [1.82, 2.24) is 0 Å². The van der Waals surface area contributed by atoms with Crippen molar-refractivity contribution in [1.29, 1.82) is 5.26 Å². The summed E-state index contributed by atoms with van der Waals surface area (Å²) in [5, 5.41) is 10.1. The standard InChI is InChI=1S/C15H19ClN2/c1-11-9-13(16)6-7-14(11)18-8-4-5-12(10-17)15(18,2)3/h6-7,9,12H,4-5,8H2,1-3H3. The zero-order valence-electron chi connectivity index (χ0n) is 11.2. The van der Waals surface area contributed by atoms with Gasteiger partial charge in [-0.3, -0.25) is 0 Å². The Hall–Kier alpha value is -1.20. The number of piperidine rings is 1. The third kappa shape index (κ3) is 2.20. The molecule has 0 saturated carbocycles. The second-order valence-corrected chi connectivity index (χ2v) is 6.00. The van der Waals surface area contributed by atoms with Gasteiger partial charge < -0.3 is 4.90 Å². The monoisotopic (exact) mass is 262 g/mol. The minimum Gasteiger partial charge on any atom is -0.365 e. The first-order chi connectivity index (χ1) is 8.46. The molecular formula is C15H19ClN2.